The van der Waals surface area contributed by atoms with Crippen molar-refractivity contribution in [1.29, 1.82) is 0 Å². The first-order valence-corrected chi connectivity index (χ1v) is 6.75. The number of oxazole rings is 1. The molecule has 0 fully saturated rings. The third-order valence-electron chi connectivity index (χ3n) is 3.33. The number of anilines is 1. The van der Waals surface area contributed by atoms with Gasteiger partial charge >= 0.3 is 0 Å². The van der Waals surface area contributed by atoms with E-state index in [0.29, 0.717) is 18.1 Å². The van der Waals surface area contributed by atoms with Crippen molar-refractivity contribution in [2.75, 3.05) is 18.5 Å². The summed E-state index contributed by atoms with van der Waals surface area (Å²) in [6, 6.07) is 7.10. The molecule has 4 nitrogen and oxygen atoms in total. The van der Waals surface area contributed by atoms with Gasteiger partial charge in [0, 0.05) is 19.2 Å². The average molecular weight is 277 g/mol. The van der Waals surface area contributed by atoms with Gasteiger partial charge in [-0.3, -0.25) is 0 Å². The zero-order valence-electron chi connectivity index (χ0n) is 12.1. The van der Waals surface area contributed by atoms with Crippen molar-refractivity contribution in [3.8, 4) is 0 Å². The third-order valence-corrected chi connectivity index (χ3v) is 3.33. The molecule has 1 atom stereocenters. The van der Waals surface area contributed by atoms with Gasteiger partial charge in [0.15, 0.2) is 0 Å². The SMILES string of the molecule is CCNCc1coc(N(C)C(C)c2ccccc2F)n1. The van der Waals surface area contributed by atoms with Gasteiger partial charge in [-0.15, -0.1) is 0 Å². The molecule has 0 bridgehead atoms. The van der Waals surface area contributed by atoms with Crippen LogP contribution in [0.25, 0.3) is 0 Å². The van der Waals surface area contributed by atoms with E-state index in [9.17, 15) is 4.39 Å². The fourth-order valence-corrected chi connectivity index (χ4v) is 1.98. The Morgan fingerprint density at radius 3 is 2.85 bits per heavy atom. The molecule has 0 saturated carbocycles. The van der Waals surface area contributed by atoms with Crippen molar-refractivity contribution >= 4 is 6.01 Å². The molecular formula is C15H20FN3O. The van der Waals surface area contributed by atoms with Crippen LogP contribution >= 0.6 is 0 Å². The second-order valence-corrected chi connectivity index (χ2v) is 4.71. The molecule has 1 aromatic carbocycles. The second kappa shape index (κ2) is 6.52. The molecule has 0 spiro atoms. The predicted molar refractivity (Wildman–Crippen MR) is 77.1 cm³/mol. The summed E-state index contributed by atoms with van der Waals surface area (Å²) in [5, 5.41) is 3.19. The van der Waals surface area contributed by atoms with Gasteiger partial charge < -0.3 is 14.6 Å². The van der Waals surface area contributed by atoms with Crippen molar-refractivity contribution in [3.63, 3.8) is 0 Å². The Hall–Kier alpha value is -1.88. The average Bonchev–Trinajstić information content (AvgIpc) is 2.93. The van der Waals surface area contributed by atoms with Gasteiger partial charge in [-0.25, -0.2) is 4.39 Å². The molecule has 0 aliphatic carbocycles. The van der Waals surface area contributed by atoms with E-state index >= 15 is 0 Å². The Morgan fingerprint density at radius 1 is 1.40 bits per heavy atom. The summed E-state index contributed by atoms with van der Waals surface area (Å²) in [5.41, 5.74) is 1.47. The molecule has 0 saturated heterocycles. The maximum Gasteiger partial charge on any atom is 0.297 e. The lowest BCUT2D eigenvalue weighted by Gasteiger charge is -2.23. The number of halogens is 1. The van der Waals surface area contributed by atoms with E-state index in [0.717, 1.165) is 12.2 Å². The minimum absolute atomic E-state index is 0.151. The van der Waals surface area contributed by atoms with E-state index in [1.165, 1.54) is 6.07 Å². The van der Waals surface area contributed by atoms with Crippen LogP contribution < -0.4 is 10.2 Å². The first kappa shape index (κ1) is 14.5. The van der Waals surface area contributed by atoms with Gasteiger partial charge in [0.05, 0.1) is 11.7 Å². The van der Waals surface area contributed by atoms with Crippen LogP contribution in [0.4, 0.5) is 10.4 Å². The minimum atomic E-state index is -0.216. The molecule has 0 amide bonds. The van der Waals surface area contributed by atoms with Crippen molar-refractivity contribution in [2.45, 2.75) is 26.4 Å². The van der Waals surface area contributed by atoms with Gasteiger partial charge in [0.2, 0.25) is 0 Å². The molecule has 1 unspecified atom stereocenters. The first-order valence-electron chi connectivity index (χ1n) is 6.75. The van der Waals surface area contributed by atoms with Crippen LogP contribution in [0.5, 0.6) is 0 Å². The quantitative estimate of drug-likeness (QED) is 0.881. The number of nitrogens with one attached hydrogen (secondary N) is 1. The number of aromatic nitrogens is 1. The molecule has 5 heteroatoms. The smallest absolute Gasteiger partial charge is 0.297 e. The van der Waals surface area contributed by atoms with E-state index in [1.807, 2.05) is 31.9 Å². The van der Waals surface area contributed by atoms with E-state index in [4.69, 9.17) is 4.42 Å². The van der Waals surface area contributed by atoms with Crippen molar-refractivity contribution in [1.82, 2.24) is 10.3 Å². The van der Waals surface area contributed by atoms with Crippen molar-refractivity contribution in [2.24, 2.45) is 0 Å². The molecule has 108 valence electrons. The molecule has 1 heterocycles. The van der Waals surface area contributed by atoms with Crippen LogP contribution in [0.2, 0.25) is 0 Å². The minimum Gasteiger partial charge on any atom is -0.432 e. The Bertz CT molecular complexity index is 556. The van der Waals surface area contributed by atoms with Gasteiger partial charge in [0.25, 0.3) is 6.01 Å². The van der Waals surface area contributed by atoms with E-state index in [1.54, 1.807) is 18.4 Å². The Labute approximate surface area is 118 Å². The van der Waals surface area contributed by atoms with Crippen LogP contribution in [-0.4, -0.2) is 18.6 Å². The number of nitrogens with zero attached hydrogens (tertiary/aromatic N) is 2. The summed E-state index contributed by atoms with van der Waals surface area (Å²) in [7, 11) is 1.85. The number of hydrogen-bond donors (Lipinski definition) is 1. The number of hydrogen-bond acceptors (Lipinski definition) is 4. The zero-order chi connectivity index (χ0) is 14.5. The lowest BCUT2D eigenvalue weighted by atomic mass is 10.1. The summed E-state index contributed by atoms with van der Waals surface area (Å²) < 4.78 is 19.3. The fourth-order valence-electron chi connectivity index (χ4n) is 1.98. The van der Waals surface area contributed by atoms with Gasteiger partial charge in [-0.2, -0.15) is 4.98 Å². The second-order valence-electron chi connectivity index (χ2n) is 4.71. The van der Waals surface area contributed by atoms with Gasteiger partial charge in [0.1, 0.15) is 12.1 Å². The normalized spacial score (nSPS) is 12.4. The van der Waals surface area contributed by atoms with E-state index in [-0.39, 0.29) is 11.9 Å². The van der Waals surface area contributed by atoms with Crippen molar-refractivity contribution in [3.05, 3.63) is 47.6 Å². The molecule has 0 radical (unpaired) electrons. The number of rotatable bonds is 6. The number of benzene rings is 1. The van der Waals surface area contributed by atoms with Crippen LogP contribution in [0.1, 0.15) is 31.1 Å². The molecule has 0 aliphatic rings. The largest absolute Gasteiger partial charge is 0.432 e. The summed E-state index contributed by atoms with van der Waals surface area (Å²) >= 11 is 0. The lowest BCUT2D eigenvalue weighted by molar-refractivity contribution is 0.515. The predicted octanol–water partition coefficient (Wildman–Crippen LogP) is 3.12. The highest BCUT2D eigenvalue weighted by atomic mass is 19.1. The molecule has 1 N–H and O–H groups in total. The third kappa shape index (κ3) is 3.17. The van der Waals surface area contributed by atoms with Crippen LogP contribution in [0, 0.1) is 5.82 Å². The molecule has 2 rings (SSSR count). The monoisotopic (exact) mass is 277 g/mol. The zero-order valence-corrected chi connectivity index (χ0v) is 12.1. The lowest BCUT2D eigenvalue weighted by Crippen LogP contribution is -2.23. The van der Waals surface area contributed by atoms with Gasteiger partial charge in [-0.05, 0) is 19.5 Å². The summed E-state index contributed by atoms with van der Waals surface area (Å²) in [6.07, 6.45) is 1.63. The highest BCUT2D eigenvalue weighted by Crippen LogP contribution is 2.26. The van der Waals surface area contributed by atoms with E-state index in [2.05, 4.69) is 10.3 Å². The fraction of sp³-hybridized carbons (Fsp3) is 0.400. The standard InChI is InChI=1S/C15H20FN3O/c1-4-17-9-12-10-20-15(18-12)19(3)11(2)13-7-5-6-8-14(13)16/h5-8,10-11,17H,4,9H2,1-3H3. The van der Waals surface area contributed by atoms with Crippen molar-refractivity contribution < 1.29 is 8.81 Å². The molecule has 20 heavy (non-hydrogen) atoms. The summed E-state index contributed by atoms with van der Waals surface area (Å²) in [5.74, 6) is -0.216. The highest BCUT2D eigenvalue weighted by molar-refractivity contribution is 5.33. The highest BCUT2D eigenvalue weighted by Gasteiger charge is 2.19. The summed E-state index contributed by atoms with van der Waals surface area (Å²) in [6.45, 7) is 5.51. The van der Waals surface area contributed by atoms with Crippen LogP contribution in [0.15, 0.2) is 34.9 Å². The first-order chi connectivity index (χ1) is 9.63. The maximum absolute atomic E-state index is 13.8. The van der Waals surface area contributed by atoms with E-state index < -0.39 is 0 Å². The maximum atomic E-state index is 13.8. The topological polar surface area (TPSA) is 41.3 Å². The summed E-state index contributed by atoms with van der Waals surface area (Å²) in [4.78, 5) is 6.23. The Morgan fingerprint density at radius 2 is 2.15 bits per heavy atom. The molecule has 0 aliphatic heterocycles. The molecule has 1 aromatic heterocycles. The Balaban J connectivity index is 2.12. The van der Waals surface area contributed by atoms with Crippen LogP contribution in [0.3, 0.4) is 0 Å². The van der Waals surface area contributed by atoms with Gasteiger partial charge in [-0.1, -0.05) is 25.1 Å². The van der Waals surface area contributed by atoms with Crippen LogP contribution in [-0.2, 0) is 6.54 Å². The molecular weight excluding hydrogens is 257 g/mol. The molecule has 2 aromatic rings. The Kier molecular flexibility index (Phi) is 4.74.